The Morgan fingerprint density at radius 1 is 0.962 bits per heavy atom. The summed E-state index contributed by atoms with van der Waals surface area (Å²) in [5.74, 6) is 1.19. The lowest BCUT2D eigenvalue weighted by atomic mass is 10.3. The number of amides is 1. The van der Waals surface area contributed by atoms with Crippen molar-refractivity contribution in [3.8, 4) is 11.5 Å². The van der Waals surface area contributed by atoms with Gasteiger partial charge in [0.25, 0.3) is 0 Å². The molecule has 0 saturated carbocycles. The quantitative estimate of drug-likeness (QED) is 0.531. The summed E-state index contributed by atoms with van der Waals surface area (Å²) < 4.78 is 24.8. The van der Waals surface area contributed by atoms with Gasteiger partial charge < -0.3 is 14.8 Å². The van der Waals surface area contributed by atoms with Crippen molar-refractivity contribution in [1.82, 2.24) is 5.32 Å². The highest BCUT2D eigenvalue weighted by Crippen LogP contribution is 2.23. The second kappa shape index (κ2) is 11.5. The van der Waals surface area contributed by atoms with Crippen LogP contribution in [0, 0.1) is 5.82 Å². The van der Waals surface area contributed by atoms with Crippen molar-refractivity contribution < 1.29 is 18.7 Å². The summed E-state index contributed by atoms with van der Waals surface area (Å²) in [5.41, 5.74) is 0. The molecule has 1 N–H and O–H groups in total. The van der Waals surface area contributed by atoms with E-state index in [2.05, 4.69) is 21.2 Å². The van der Waals surface area contributed by atoms with Gasteiger partial charge in [0.05, 0.1) is 17.7 Å². The molecule has 0 heterocycles. The molecule has 0 aliphatic carbocycles. The molecule has 2 aromatic carbocycles. The molecular weight excluding hydrogens is 401 g/mol. The summed E-state index contributed by atoms with van der Waals surface area (Å²) in [6.07, 6.45) is 2.76. The smallest absolute Gasteiger partial charge is 0.220 e. The number of carbonyl (C=O) groups excluding carboxylic acids is 1. The summed E-state index contributed by atoms with van der Waals surface area (Å²) in [6.45, 7) is 1.67. The number of benzene rings is 2. The Hall–Kier alpha value is -2.08. The van der Waals surface area contributed by atoms with Gasteiger partial charge in [0.1, 0.15) is 17.3 Å². The van der Waals surface area contributed by atoms with Gasteiger partial charge in [0, 0.05) is 13.0 Å². The van der Waals surface area contributed by atoms with Gasteiger partial charge in [-0.25, -0.2) is 4.39 Å². The SMILES string of the molecule is O=C(CCCOc1ccccc1Br)NCCCCOc1ccc(F)cc1. The molecule has 2 rings (SSSR count). The molecule has 0 fully saturated rings. The maximum absolute atomic E-state index is 12.8. The molecular formula is C20H23BrFNO3. The lowest BCUT2D eigenvalue weighted by Crippen LogP contribution is -2.24. The predicted molar refractivity (Wildman–Crippen MR) is 103 cm³/mol. The highest BCUT2D eigenvalue weighted by atomic mass is 79.9. The first kappa shape index (κ1) is 20.2. The molecule has 0 atom stereocenters. The lowest BCUT2D eigenvalue weighted by molar-refractivity contribution is -0.121. The summed E-state index contributed by atoms with van der Waals surface area (Å²) in [5, 5.41) is 2.89. The minimum atomic E-state index is -0.276. The zero-order valence-corrected chi connectivity index (χ0v) is 16.1. The maximum Gasteiger partial charge on any atom is 0.220 e. The Balaban J connectivity index is 1.46. The fourth-order valence-corrected chi connectivity index (χ4v) is 2.64. The maximum atomic E-state index is 12.8. The molecule has 0 aromatic heterocycles. The van der Waals surface area contributed by atoms with Crippen molar-refractivity contribution >= 4 is 21.8 Å². The number of nitrogens with one attached hydrogen (secondary N) is 1. The van der Waals surface area contributed by atoms with E-state index in [0.29, 0.717) is 38.3 Å². The van der Waals surface area contributed by atoms with Crippen molar-refractivity contribution in [2.24, 2.45) is 0 Å². The molecule has 4 nitrogen and oxygen atoms in total. The number of hydrogen-bond donors (Lipinski definition) is 1. The fraction of sp³-hybridized carbons (Fsp3) is 0.350. The summed E-state index contributed by atoms with van der Waals surface area (Å²) in [7, 11) is 0. The highest BCUT2D eigenvalue weighted by Gasteiger charge is 2.03. The third-order valence-electron chi connectivity index (χ3n) is 3.62. The normalized spacial score (nSPS) is 10.4. The van der Waals surface area contributed by atoms with Crippen LogP contribution in [0.15, 0.2) is 53.0 Å². The largest absolute Gasteiger partial charge is 0.494 e. The molecule has 26 heavy (non-hydrogen) atoms. The molecule has 2 aromatic rings. The molecule has 0 saturated heterocycles. The van der Waals surface area contributed by atoms with E-state index in [-0.39, 0.29) is 11.7 Å². The number of rotatable bonds is 11. The van der Waals surface area contributed by atoms with Gasteiger partial charge in [0.2, 0.25) is 5.91 Å². The van der Waals surface area contributed by atoms with Crippen molar-refractivity contribution in [3.05, 3.63) is 58.8 Å². The minimum absolute atomic E-state index is 0.0279. The first-order valence-corrected chi connectivity index (χ1v) is 9.47. The molecule has 6 heteroatoms. The highest BCUT2D eigenvalue weighted by molar-refractivity contribution is 9.10. The van der Waals surface area contributed by atoms with Gasteiger partial charge in [0.15, 0.2) is 0 Å². The third-order valence-corrected chi connectivity index (χ3v) is 4.27. The van der Waals surface area contributed by atoms with Crippen molar-refractivity contribution in [3.63, 3.8) is 0 Å². The number of hydrogen-bond acceptors (Lipinski definition) is 3. The molecule has 0 unspecified atom stereocenters. The van der Waals surface area contributed by atoms with Gasteiger partial charge in [-0.2, -0.15) is 0 Å². The monoisotopic (exact) mass is 423 g/mol. The second-order valence-corrected chi connectivity index (χ2v) is 6.60. The number of carbonyl (C=O) groups is 1. The van der Waals surface area contributed by atoms with Gasteiger partial charge in [-0.1, -0.05) is 12.1 Å². The molecule has 0 bridgehead atoms. The molecule has 1 amide bonds. The zero-order chi connectivity index (χ0) is 18.6. The van der Waals surface area contributed by atoms with E-state index in [1.54, 1.807) is 12.1 Å². The van der Waals surface area contributed by atoms with E-state index in [9.17, 15) is 9.18 Å². The molecule has 0 spiro atoms. The van der Waals surface area contributed by atoms with Gasteiger partial charge in [-0.05, 0) is 71.6 Å². The molecule has 0 aliphatic rings. The molecule has 140 valence electrons. The van der Waals surface area contributed by atoms with Crippen LogP contribution in [-0.2, 0) is 4.79 Å². The van der Waals surface area contributed by atoms with Gasteiger partial charge >= 0.3 is 0 Å². The first-order valence-electron chi connectivity index (χ1n) is 8.67. The number of unbranched alkanes of at least 4 members (excludes halogenated alkanes) is 1. The molecule has 0 radical (unpaired) electrons. The Kier molecular flexibility index (Phi) is 8.96. The van der Waals surface area contributed by atoms with Crippen LogP contribution in [-0.4, -0.2) is 25.7 Å². The number of ether oxygens (including phenoxy) is 2. The van der Waals surface area contributed by atoms with Crippen LogP contribution < -0.4 is 14.8 Å². The Morgan fingerprint density at radius 3 is 2.46 bits per heavy atom. The summed E-state index contributed by atoms with van der Waals surface area (Å²) in [4.78, 5) is 11.8. The van der Waals surface area contributed by atoms with Crippen molar-refractivity contribution in [1.29, 1.82) is 0 Å². The van der Waals surface area contributed by atoms with Crippen LogP contribution >= 0.6 is 15.9 Å². The first-order chi connectivity index (χ1) is 12.6. The van der Waals surface area contributed by atoms with Crippen LogP contribution in [0.1, 0.15) is 25.7 Å². The number of halogens is 2. The van der Waals surface area contributed by atoms with Crippen LogP contribution in [0.3, 0.4) is 0 Å². The van der Waals surface area contributed by atoms with Crippen LogP contribution in [0.5, 0.6) is 11.5 Å². The van der Waals surface area contributed by atoms with E-state index in [1.807, 2.05) is 24.3 Å². The van der Waals surface area contributed by atoms with Gasteiger partial charge in [-0.3, -0.25) is 4.79 Å². The number of para-hydroxylation sites is 1. The lowest BCUT2D eigenvalue weighted by Gasteiger charge is -2.09. The van der Waals surface area contributed by atoms with Crippen LogP contribution in [0.4, 0.5) is 4.39 Å². The second-order valence-electron chi connectivity index (χ2n) is 5.74. The van der Waals surface area contributed by atoms with E-state index >= 15 is 0 Å². The summed E-state index contributed by atoms with van der Waals surface area (Å²) in [6, 6.07) is 13.6. The standard InChI is InChI=1S/C20H23BrFNO3/c21-18-6-1-2-7-19(18)26-15-5-8-20(24)23-13-3-4-14-25-17-11-9-16(22)10-12-17/h1-2,6-7,9-12H,3-5,8,13-15H2,(H,23,24). The van der Waals surface area contributed by atoms with E-state index in [4.69, 9.17) is 9.47 Å². The predicted octanol–water partition coefficient (Wildman–Crippen LogP) is 4.72. The molecule has 0 aliphatic heterocycles. The van der Waals surface area contributed by atoms with Gasteiger partial charge in [-0.15, -0.1) is 0 Å². The van der Waals surface area contributed by atoms with Crippen molar-refractivity contribution in [2.45, 2.75) is 25.7 Å². The Bertz CT molecular complexity index is 679. The van der Waals surface area contributed by atoms with E-state index < -0.39 is 0 Å². The average Bonchev–Trinajstić information content (AvgIpc) is 2.64. The topological polar surface area (TPSA) is 47.6 Å². The fourth-order valence-electron chi connectivity index (χ4n) is 2.24. The minimum Gasteiger partial charge on any atom is -0.494 e. The Morgan fingerprint density at radius 2 is 1.69 bits per heavy atom. The van der Waals surface area contributed by atoms with Crippen LogP contribution in [0.2, 0.25) is 0 Å². The van der Waals surface area contributed by atoms with E-state index in [0.717, 1.165) is 23.1 Å². The summed E-state index contributed by atoms with van der Waals surface area (Å²) >= 11 is 3.42. The van der Waals surface area contributed by atoms with Crippen LogP contribution in [0.25, 0.3) is 0 Å². The average molecular weight is 424 g/mol. The third kappa shape index (κ3) is 7.87. The van der Waals surface area contributed by atoms with E-state index in [1.165, 1.54) is 12.1 Å². The van der Waals surface area contributed by atoms with Crippen molar-refractivity contribution in [2.75, 3.05) is 19.8 Å². The Labute approximate surface area is 161 Å². The zero-order valence-electron chi connectivity index (χ0n) is 14.5.